The average molecular weight is 306 g/mol. The van der Waals surface area contributed by atoms with Crippen LogP contribution in [-0.2, 0) is 6.54 Å². The molecule has 0 aliphatic rings. The number of aromatic nitrogens is 4. The lowest BCUT2D eigenvalue weighted by molar-refractivity contribution is 0.0994. The number of rotatable bonds is 7. The molecule has 9 heteroatoms. The van der Waals surface area contributed by atoms with Crippen LogP contribution in [0.5, 0.6) is 11.8 Å². The number of ether oxygens (including phenoxy) is 2. The Kier molecular flexibility index (Phi) is 4.77. The van der Waals surface area contributed by atoms with Crippen molar-refractivity contribution in [2.24, 2.45) is 5.73 Å². The highest BCUT2D eigenvalue weighted by Crippen LogP contribution is 2.24. The first-order valence-corrected chi connectivity index (χ1v) is 6.59. The Bertz CT molecular complexity index is 645. The van der Waals surface area contributed by atoms with E-state index in [0.29, 0.717) is 30.8 Å². The summed E-state index contributed by atoms with van der Waals surface area (Å²) in [6, 6.07) is 1.57. The fourth-order valence-electron chi connectivity index (χ4n) is 1.85. The van der Waals surface area contributed by atoms with E-state index < -0.39 is 5.91 Å². The number of carbonyl (C=O) groups is 1. The van der Waals surface area contributed by atoms with Crippen molar-refractivity contribution < 1.29 is 14.3 Å². The summed E-state index contributed by atoms with van der Waals surface area (Å²) in [6.45, 7) is 2.85. The van der Waals surface area contributed by atoms with E-state index in [-0.39, 0.29) is 5.69 Å². The summed E-state index contributed by atoms with van der Waals surface area (Å²) >= 11 is 0. The van der Waals surface area contributed by atoms with Gasteiger partial charge in [-0.2, -0.15) is 15.1 Å². The zero-order chi connectivity index (χ0) is 16.1. The van der Waals surface area contributed by atoms with E-state index in [9.17, 15) is 4.79 Å². The number of amides is 1. The van der Waals surface area contributed by atoms with Crippen LogP contribution in [0.25, 0.3) is 0 Å². The molecule has 0 radical (unpaired) electrons. The van der Waals surface area contributed by atoms with Crippen LogP contribution in [0.1, 0.15) is 16.1 Å². The third kappa shape index (κ3) is 3.43. The molecule has 3 N–H and O–H groups in total. The van der Waals surface area contributed by atoms with Gasteiger partial charge in [0.25, 0.3) is 5.91 Å². The maximum Gasteiger partial charge on any atom is 0.269 e. The lowest BCUT2D eigenvalue weighted by Crippen LogP contribution is -2.16. The first-order valence-electron chi connectivity index (χ1n) is 6.59. The molecule has 0 fully saturated rings. The predicted octanol–water partition coefficient (Wildman–Crippen LogP) is 0.210. The number of nitrogens with one attached hydrogen (secondary N) is 1. The molecule has 9 nitrogen and oxygen atoms in total. The van der Waals surface area contributed by atoms with Crippen molar-refractivity contribution in [1.29, 1.82) is 0 Å². The Morgan fingerprint density at radius 3 is 2.45 bits per heavy atom. The highest BCUT2D eigenvalue weighted by molar-refractivity contribution is 5.90. The number of carbonyl (C=O) groups excluding carboxylic acids is 1. The number of hydrogen-bond donors (Lipinski definition) is 2. The van der Waals surface area contributed by atoms with Crippen LogP contribution in [0, 0.1) is 6.92 Å². The van der Waals surface area contributed by atoms with Crippen molar-refractivity contribution in [1.82, 2.24) is 19.7 Å². The zero-order valence-corrected chi connectivity index (χ0v) is 12.7. The molecule has 2 heterocycles. The summed E-state index contributed by atoms with van der Waals surface area (Å²) in [7, 11) is 3.07. The third-order valence-electron chi connectivity index (χ3n) is 2.96. The van der Waals surface area contributed by atoms with E-state index >= 15 is 0 Å². The van der Waals surface area contributed by atoms with Crippen molar-refractivity contribution in [2.75, 3.05) is 26.1 Å². The maximum absolute atomic E-state index is 11.0. The SMILES string of the molecule is COc1nc(NCCn2ccc(C(N)=O)n2)nc(OC)c1C. The molecule has 22 heavy (non-hydrogen) atoms. The molecule has 2 aromatic heterocycles. The van der Waals surface area contributed by atoms with Gasteiger partial charge in [-0.25, -0.2) is 0 Å². The lowest BCUT2D eigenvalue weighted by Gasteiger charge is -2.11. The lowest BCUT2D eigenvalue weighted by atomic mass is 10.3. The number of nitrogens with two attached hydrogens (primary N) is 1. The standard InChI is InChI=1S/C13H18N6O3/c1-8-11(21-2)16-13(17-12(8)22-3)15-5-7-19-6-4-9(18-19)10(14)20/h4,6H,5,7H2,1-3H3,(H2,14,20)(H,15,16,17). The number of primary amides is 1. The summed E-state index contributed by atoms with van der Waals surface area (Å²) in [4.78, 5) is 19.4. The number of nitrogens with zero attached hydrogens (tertiary/aromatic N) is 4. The summed E-state index contributed by atoms with van der Waals surface area (Å²) in [6.07, 6.45) is 1.68. The van der Waals surface area contributed by atoms with Gasteiger partial charge < -0.3 is 20.5 Å². The van der Waals surface area contributed by atoms with Gasteiger partial charge in [-0.1, -0.05) is 0 Å². The van der Waals surface area contributed by atoms with E-state index in [4.69, 9.17) is 15.2 Å². The highest BCUT2D eigenvalue weighted by Gasteiger charge is 2.11. The molecule has 0 aromatic carbocycles. The molecule has 0 aliphatic heterocycles. The molecule has 2 aromatic rings. The van der Waals surface area contributed by atoms with E-state index in [2.05, 4.69) is 20.4 Å². The van der Waals surface area contributed by atoms with Crippen LogP contribution in [0.2, 0.25) is 0 Å². The van der Waals surface area contributed by atoms with E-state index in [1.165, 1.54) is 14.2 Å². The predicted molar refractivity (Wildman–Crippen MR) is 79.1 cm³/mol. The molecule has 0 saturated heterocycles. The second-order valence-corrected chi connectivity index (χ2v) is 4.45. The van der Waals surface area contributed by atoms with Gasteiger partial charge in [-0.05, 0) is 13.0 Å². The first kappa shape index (κ1) is 15.5. The summed E-state index contributed by atoms with van der Waals surface area (Å²) in [5.41, 5.74) is 6.11. The fourth-order valence-corrected chi connectivity index (χ4v) is 1.85. The molecular weight excluding hydrogens is 288 g/mol. The van der Waals surface area contributed by atoms with Gasteiger partial charge >= 0.3 is 0 Å². The Morgan fingerprint density at radius 2 is 1.95 bits per heavy atom. The van der Waals surface area contributed by atoms with Crippen molar-refractivity contribution in [3.8, 4) is 11.8 Å². The van der Waals surface area contributed by atoms with Crippen molar-refractivity contribution in [3.05, 3.63) is 23.5 Å². The molecule has 0 aliphatic carbocycles. The molecule has 1 amide bonds. The van der Waals surface area contributed by atoms with Crippen LogP contribution in [0.3, 0.4) is 0 Å². The Hall–Kier alpha value is -2.84. The molecule has 0 saturated carbocycles. The van der Waals surface area contributed by atoms with E-state index in [0.717, 1.165) is 5.56 Å². The van der Waals surface area contributed by atoms with Crippen LogP contribution in [0.15, 0.2) is 12.3 Å². The maximum atomic E-state index is 11.0. The number of methoxy groups -OCH3 is 2. The molecule has 0 unspecified atom stereocenters. The molecule has 2 rings (SSSR count). The first-order chi connectivity index (χ1) is 10.5. The van der Waals surface area contributed by atoms with Gasteiger partial charge in [-0.15, -0.1) is 0 Å². The third-order valence-corrected chi connectivity index (χ3v) is 2.96. The fraction of sp³-hybridized carbons (Fsp3) is 0.385. The highest BCUT2D eigenvalue weighted by atomic mass is 16.5. The van der Waals surface area contributed by atoms with Gasteiger partial charge in [0, 0.05) is 12.7 Å². The minimum absolute atomic E-state index is 0.231. The minimum atomic E-state index is -0.553. The topological polar surface area (TPSA) is 117 Å². The van der Waals surface area contributed by atoms with E-state index in [1.807, 2.05) is 6.92 Å². The van der Waals surface area contributed by atoms with Crippen LogP contribution >= 0.6 is 0 Å². The van der Waals surface area contributed by atoms with Crippen molar-refractivity contribution >= 4 is 11.9 Å². The quantitative estimate of drug-likeness (QED) is 0.750. The summed E-state index contributed by atoms with van der Waals surface area (Å²) < 4.78 is 12.0. The smallest absolute Gasteiger partial charge is 0.269 e. The number of hydrogen-bond acceptors (Lipinski definition) is 7. The van der Waals surface area contributed by atoms with E-state index in [1.54, 1.807) is 16.9 Å². The molecule has 0 spiro atoms. The van der Waals surface area contributed by atoms with Gasteiger partial charge in [-0.3, -0.25) is 9.48 Å². The van der Waals surface area contributed by atoms with Crippen LogP contribution < -0.4 is 20.5 Å². The average Bonchev–Trinajstić information content (AvgIpc) is 2.97. The Balaban J connectivity index is 2.00. The minimum Gasteiger partial charge on any atom is -0.481 e. The van der Waals surface area contributed by atoms with Crippen LogP contribution in [0.4, 0.5) is 5.95 Å². The monoisotopic (exact) mass is 306 g/mol. The summed E-state index contributed by atoms with van der Waals surface area (Å²) in [5.74, 6) is 0.735. The molecular formula is C13H18N6O3. The number of anilines is 1. The van der Waals surface area contributed by atoms with Gasteiger partial charge in [0.05, 0.1) is 26.3 Å². The second-order valence-electron chi connectivity index (χ2n) is 4.45. The van der Waals surface area contributed by atoms with Crippen molar-refractivity contribution in [2.45, 2.75) is 13.5 Å². The van der Waals surface area contributed by atoms with Gasteiger partial charge in [0.1, 0.15) is 5.69 Å². The second kappa shape index (κ2) is 6.74. The molecule has 0 bridgehead atoms. The van der Waals surface area contributed by atoms with Crippen molar-refractivity contribution in [3.63, 3.8) is 0 Å². The Labute approximate surface area is 127 Å². The molecule has 0 atom stereocenters. The Morgan fingerprint density at radius 1 is 1.32 bits per heavy atom. The van der Waals surface area contributed by atoms with Gasteiger partial charge in [0.15, 0.2) is 0 Å². The van der Waals surface area contributed by atoms with Crippen LogP contribution in [-0.4, -0.2) is 46.4 Å². The normalized spacial score (nSPS) is 10.3. The van der Waals surface area contributed by atoms with Gasteiger partial charge in [0.2, 0.25) is 17.7 Å². The molecule has 118 valence electrons. The zero-order valence-electron chi connectivity index (χ0n) is 12.7. The largest absolute Gasteiger partial charge is 0.481 e. The summed E-state index contributed by atoms with van der Waals surface area (Å²) in [5, 5.41) is 7.08.